The highest BCUT2D eigenvalue weighted by Crippen LogP contribution is 2.31. The van der Waals surface area contributed by atoms with E-state index in [0.29, 0.717) is 5.92 Å². The third kappa shape index (κ3) is 0.869. The van der Waals surface area contributed by atoms with E-state index >= 15 is 0 Å². The average Bonchev–Trinajstić information content (AvgIpc) is 1.98. The van der Waals surface area contributed by atoms with E-state index < -0.39 is 0 Å². The van der Waals surface area contributed by atoms with Crippen molar-refractivity contribution in [2.45, 2.75) is 13.3 Å². The summed E-state index contributed by atoms with van der Waals surface area (Å²) in [5.41, 5.74) is 2.38. The molecule has 1 heteroatoms. The Morgan fingerprint density at radius 3 is 2.22 bits per heavy atom. The summed E-state index contributed by atoms with van der Waals surface area (Å²) < 4.78 is 0. The first-order valence-corrected chi connectivity index (χ1v) is 3.23. The van der Waals surface area contributed by atoms with Crippen LogP contribution in [0.3, 0.4) is 0 Å². The van der Waals surface area contributed by atoms with Crippen LogP contribution in [0.25, 0.3) is 0 Å². The van der Waals surface area contributed by atoms with Gasteiger partial charge in [-0.2, -0.15) is 0 Å². The molecule has 1 rings (SSSR count). The normalized spacial score (nSPS) is 27.8. The van der Waals surface area contributed by atoms with Gasteiger partial charge in [-0.25, -0.2) is 0 Å². The first-order valence-electron chi connectivity index (χ1n) is 3.23. The average molecular weight is 123 g/mol. The van der Waals surface area contributed by atoms with E-state index in [1.165, 1.54) is 11.4 Å². The molecule has 1 aliphatic rings. The zero-order valence-corrected chi connectivity index (χ0v) is 6.15. The predicted molar refractivity (Wildman–Crippen MR) is 39.8 cm³/mol. The standard InChI is InChI=1S/C8H13N/c1-6-5-7(2)9(4)8(6)3/h6H,2-3,5H2,1,4H3. The van der Waals surface area contributed by atoms with E-state index in [1.807, 2.05) is 7.05 Å². The summed E-state index contributed by atoms with van der Waals surface area (Å²) in [5, 5.41) is 0. The smallest absolute Gasteiger partial charge is 0.0133 e. The number of rotatable bonds is 0. The molecule has 0 N–H and O–H groups in total. The Labute approximate surface area is 56.7 Å². The van der Waals surface area contributed by atoms with E-state index in [-0.39, 0.29) is 0 Å². The van der Waals surface area contributed by atoms with Crippen LogP contribution in [0.2, 0.25) is 0 Å². The first-order chi connectivity index (χ1) is 4.13. The van der Waals surface area contributed by atoms with Gasteiger partial charge >= 0.3 is 0 Å². The second kappa shape index (κ2) is 1.90. The lowest BCUT2D eigenvalue weighted by atomic mass is 10.1. The molecule has 50 valence electrons. The fourth-order valence-electron chi connectivity index (χ4n) is 1.14. The molecule has 0 spiro atoms. The maximum Gasteiger partial charge on any atom is 0.0133 e. The Balaban J connectivity index is 2.77. The minimum atomic E-state index is 0.600. The predicted octanol–water partition coefficient (Wildman–Crippen LogP) is 1.99. The second-order valence-corrected chi connectivity index (χ2v) is 2.72. The molecule has 1 saturated heterocycles. The Kier molecular flexibility index (Phi) is 1.35. The van der Waals surface area contributed by atoms with Crippen LogP contribution in [0.15, 0.2) is 24.6 Å². The lowest BCUT2D eigenvalue weighted by Gasteiger charge is -2.13. The molecule has 1 fully saturated rings. The zero-order valence-electron chi connectivity index (χ0n) is 6.15. The van der Waals surface area contributed by atoms with Crippen molar-refractivity contribution in [2.75, 3.05) is 7.05 Å². The summed E-state index contributed by atoms with van der Waals surface area (Å²) in [5.74, 6) is 0.600. The Morgan fingerprint density at radius 1 is 1.56 bits per heavy atom. The Morgan fingerprint density at radius 2 is 2.11 bits per heavy atom. The van der Waals surface area contributed by atoms with Crippen LogP contribution >= 0.6 is 0 Å². The third-order valence-corrected chi connectivity index (χ3v) is 2.02. The summed E-state index contributed by atoms with van der Waals surface area (Å²) in [6.07, 6.45) is 1.08. The van der Waals surface area contributed by atoms with Crippen LogP contribution in [0.4, 0.5) is 0 Å². The first kappa shape index (κ1) is 6.40. The lowest BCUT2D eigenvalue weighted by molar-refractivity contribution is 0.547. The number of likely N-dealkylation sites (tertiary alicyclic amines) is 1. The molecule has 0 aromatic carbocycles. The molecule has 0 aliphatic carbocycles. The number of nitrogens with zero attached hydrogens (tertiary/aromatic N) is 1. The topological polar surface area (TPSA) is 3.24 Å². The molecule has 0 aromatic rings. The highest BCUT2D eigenvalue weighted by Gasteiger charge is 2.21. The fourth-order valence-corrected chi connectivity index (χ4v) is 1.14. The fraction of sp³-hybridized carbons (Fsp3) is 0.500. The SMILES string of the molecule is C=C1CC(C)C(=C)N1C. The molecule has 1 heterocycles. The minimum Gasteiger partial charge on any atom is -0.352 e. The van der Waals surface area contributed by atoms with E-state index in [4.69, 9.17) is 0 Å². The maximum absolute atomic E-state index is 3.93. The van der Waals surface area contributed by atoms with Crippen molar-refractivity contribution in [1.29, 1.82) is 0 Å². The van der Waals surface area contributed by atoms with Crippen molar-refractivity contribution in [2.24, 2.45) is 5.92 Å². The maximum atomic E-state index is 3.93. The molecule has 0 radical (unpaired) electrons. The molecule has 0 amide bonds. The Hall–Kier alpha value is -0.720. The number of hydrogen-bond donors (Lipinski definition) is 0. The quantitative estimate of drug-likeness (QED) is 0.476. The van der Waals surface area contributed by atoms with Crippen LogP contribution in [-0.2, 0) is 0 Å². The van der Waals surface area contributed by atoms with Gasteiger partial charge in [0.2, 0.25) is 0 Å². The van der Waals surface area contributed by atoms with E-state index in [1.54, 1.807) is 0 Å². The van der Waals surface area contributed by atoms with Crippen molar-refractivity contribution >= 4 is 0 Å². The van der Waals surface area contributed by atoms with Gasteiger partial charge in [0.1, 0.15) is 0 Å². The van der Waals surface area contributed by atoms with Gasteiger partial charge in [0.05, 0.1) is 0 Å². The largest absolute Gasteiger partial charge is 0.352 e. The molecule has 0 bridgehead atoms. The van der Waals surface area contributed by atoms with E-state index in [0.717, 1.165) is 6.42 Å². The third-order valence-electron chi connectivity index (χ3n) is 2.02. The molecular formula is C8H13N. The minimum absolute atomic E-state index is 0.600. The van der Waals surface area contributed by atoms with E-state index in [2.05, 4.69) is 25.0 Å². The van der Waals surface area contributed by atoms with Gasteiger partial charge in [-0.15, -0.1) is 0 Å². The second-order valence-electron chi connectivity index (χ2n) is 2.72. The van der Waals surface area contributed by atoms with Gasteiger partial charge in [-0.05, 0) is 6.42 Å². The summed E-state index contributed by atoms with van der Waals surface area (Å²) in [6, 6.07) is 0. The molecule has 1 nitrogen and oxygen atoms in total. The highest BCUT2D eigenvalue weighted by atomic mass is 15.1. The molecule has 9 heavy (non-hydrogen) atoms. The van der Waals surface area contributed by atoms with Crippen molar-refractivity contribution in [1.82, 2.24) is 4.90 Å². The van der Waals surface area contributed by atoms with Crippen LogP contribution in [0.1, 0.15) is 13.3 Å². The molecule has 0 saturated carbocycles. The summed E-state index contributed by atoms with van der Waals surface area (Å²) in [6.45, 7) is 10.0. The molecule has 1 aliphatic heterocycles. The summed E-state index contributed by atoms with van der Waals surface area (Å²) in [7, 11) is 2.02. The van der Waals surface area contributed by atoms with Gasteiger partial charge in [0.15, 0.2) is 0 Å². The van der Waals surface area contributed by atoms with Crippen LogP contribution in [0, 0.1) is 5.92 Å². The van der Waals surface area contributed by atoms with Crippen molar-refractivity contribution in [3.63, 3.8) is 0 Å². The molecular weight excluding hydrogens is 110 g/mol. The van der Waals surface area contributed by atoms with Gasteiger partial charge < -0.3 is 4.90 Å². The van der Waals surface area contributed by atoms with Crippen LogP contribution in [-0.4, -0.2) is 11.9 Å². The van der Waals surface area contributed by atoms with Crippen molar-refractivity contribution in [3.8, 4) is 0 Å². The number of hydrogen-bond acceptors (Lipinski definition) is 1. The van der Waals surface area contributed by atoms with Gasteiger partial charge in [0.25, 0.3) is 0 Å². The molecule has 1 atom stereocenters. The van der Waals surface area contributed by atoms with Gasteiger partial charge in [-0.3, -0.25) is 0 Å². The lowest BCUT2D eigenvalue weighted by Crippen LogP contribution is -2.07. The van der Waals surface area contributed by atoms with Crippen molar-refractivity contribution in [3.05, 3.63) is 24.6 Å². The Bertz CT molecular complexity index is 158. The van der Waals surface area contributed by atoms with Gasteiger partial charge in [-0.1, -0.05) is 20.1 Å². The van der Waals surface area contributed by atoms with Crippen LogP contribution < -0.4 is 0 Å². The van der Waals surface area contributed by atoms with Crippen molar-refractivity contribution < 1.29 is 0 Å². The molecule has 0 aromatic heterocycles. The monoisotopic (exact) mass is 123 g/mol. The summed E-state index contributed by atoms with van der Waals surface area (Å²) >= 11 is 0. The van der Waals surface area contributed by atoms with E-state index in [9.17, 15) is 0 Å². The summed E-state index contributed by atoms with van der Waals surface area (Å²) in [4.78, 5) is 2.07. The van der Waals surface area contributed by atoms with Gasteiger partial charge in [0, 0.05) is 24.4 Å². The molecule has 1 unspecified atom stereocenters. The highest BCUT2D eigenvalue weighted by molar-refractivity contribution is 5.17. The van der Waals surface area contributed by atoms with Crippen LogP contribution in [0.5, 0.6) is 0 Å². The zero-order chi connectivity index (χ0) is 7.02. The number of allylic oxidation sites excluding steroid dienone is 2.